The van der Waals surface area contributed by atoms with Crippen LogP contribution in [0.25, 0.3) is 0 Å². The van der Waals surface area contributed by atoms with Crippen LogP contribution in [-0.2, 0) is 18.4 Å². The maximum absolute atomic E-state index is 12.9. The molecule has 390 valence electrons. The Morgan fingerprint density at radius 2 is 0.833 bits per heavy atom. The first-order chi connectivity index (χ1) is 32.0. The minimum Gasteiger partial charge on any atom is -0.387 e. The van der Waals surface area contributed by atoms with Crippen LogP contribution >= 0.6 is 7.82 Å². The maximum atomic E-state index is 12.9. The van der Waals surface area contributed by atoms with Gasteiger partial charge in [0.15, 0.2) is 0 Å². The molecule has 0 spiro atoms. The van der Waals surface area contributed by atoms with Crippen molar-refractivity contribution in [2.75, 3.05) is 40.9 Å². The van der Waals surface area contributed by atoms with E-state index in [1.54, 1.807) is 6.08 Å². The van der Waals surface area contributed by atoms with Crippen LogP contribution in [0.1, 0.15) is 271 Å². The van der Waals surface area contributed by atoms with Crippen LogP contribution in [0.4, 0.5) is 0 Å². The predicted molar refractivity (Wildman–Crippen MR) is 286 cm³/mol. The number of rotatable bonds is 52. The second kappa shape index (κ2) is 48.7. The molecule has 3 unspecified atom stereocenters. The van der Waals surface area contributed by atoms with Crippen molar-refractivity contribution in [2.24, 2.45) is 0 Å². The summed E-state index contributed by atoms with van der Waals surface area (Å²) in [5, 5.41) is 13.8. The second-order valence-corrected chi connectivity index (χ2v) is 22.1. The molecule has 0 bridgehead atoms. The highest BCUT2D eigenvalue weighted by Crippen LogP contribution is 2.43. The lowest BCUT2D eigenvalue weighted by atomic mass is 10.0. The Balaban J connectivity index is 4.03. The largest absolute Gasteiger partial charge is 0.472 e. The van der Waals surface area contributed by atoms with E-state index < -0.39 is 20.0 Å². The SMILES string of the molecule is CCCCC/C=C/CC/C=C/CC/C=C/C(O)C(COP(=O)(O)OCC[N+](C)(C)C)NC(=O)CCCCCCCCCCCCCCCCCCCCCCCCCCCCCCCCC. The normalized spacial score (nSPS) is 14.2. The van der Waals surface area contributed by atoms with Gasteiger partial charge in [0.1, 0.15) is 13.2 Å². The van der Waals surface area contributed by atoms with Gasteiger partial charge in [0.25, 0.3) is 0 Å². The molecular formula is C57H112N2O6P+. The average Bonchev–Trinajstić information content (AvgIpc) is 3.28. The van der Waals surface area contributed by atoms with Crippen molar-refractivity contribution < 1.29 is 32.9 Å². The fourth-order valence-corrected chi connectivity index (χ4v) is 9.11. The summed E-state index contributed by atoms with van der Waals surface area (Å²) in [6.45, 7) is 4.78. The molecule has 0 saturated heterocycles. The summed E-state index contributed by atoms with van der Waals surface area (Å²) in [7, 11) is 1.55. The quantitative estimate of drug-likeness (QED) is 0.0243. The maximum Gasteiger partial charge on any atom is 0.472 e. The van der Waals surface area contributed by atoms with Crippen molar-refractivity contribution in [3.8, 4) is 0 Å². The number of carbonyl (C=O) groups is 1. The number of hydrogen-bond donors (Lipinski definition) is 3. The fourth-order valence-electron chi connectivity index (χ4n) is 8.37. The number of hydrogen-bond acceptors (Lipinski definition) is 5. The topological polar surface area (TPSA) is 105 Å². The van der Waals surface area contributed by atoms with Gasteiger partial charge in [0, 0.05) is 6.42 Å². The predicted octanol–water partition coefficient (Wildman–Crippen LogP) is 17.0. The molecule has 8 nitrogen and oxygen atoms in total. The Bertz CT molecular complexity index is 1170. The Labute approximate surface area is 410 Å². The third-order valence-corrected chi connectivity index (χ3v) is 13.8. The van der Waals surface area contributed by atoms with Crippen molar-refractivity contribution >= 4 is 13.7 Å². The van der Waals surface area contributed by atoms with Gasteiger partial charge in [-0.25, -0.2) is 4.57 Å². The monoisotopic (exact) mass is 952 g/mol. The zero-order valence-electron chi connectivity index (χ0n) is 44.4. The van der Waals surface area contributed by atoms with Crippen LogP contribution in [0, 0.1) is 0 Å². The van der Waals surface area contributed by atoms with E-state index in [0.29, 0.717) is 17.4 Å². The summed E-state index contributed by atoms with van der Waals surface area (Å²) in [5.74, 6) is -0.187. The smallest absolute Gasteiger partial charge is 0.387 e. The molecule has 0 aliphatic rings. The highest BCUT2D eigenvalue weighted by molar-refractivity contribution is 7.47. The van der Waals surface area contributed by atoms with E-state index in [0.717, 1.165) is 51.4 Å². The number of phosphoric ester groups is 1. The summed E-state index contributed by atoms with van der Waals surface area (Å²) in [6.07, 6.45) is 62.7. The van der Waals surface area contributed by atoms with Crippen molar-refractivity contribution in [1.82, 2.24) is 5.32 Å². The highest BCUT2D eigenvalue weighted by Gasteiger charge is 2.27. The number of amides is 1. The van der Waals surface area contributed by atoms with Gasteiger partial charge in [-0.2, -0.15) is 0 Å². The first-order valence-corrected chi connectivity index (χ1v) is 29.9. The van der Waals surface area contributed by atoms with E-state index in [2.05, 4.69) is 43.5 Å². The van der Waals surface area contributed by atoms with Crippen LogP contribution in [0.5, 0.6) is 0 Å². The van der Waals surface area contributed by atoms with Crippen LogP contribution in [0.3, 0.4) is 0 Å². The van der Waals surface area contributed by atoms with Crippen LogP contribution in [0.2, 0.25) is 0 Å². The number of nitrogens with one attached hydrogen (secondary N) is 1. The minimum absolute atomic E-state index is 0.0548. The van der Waals surface area contributed by atoms with Gasteiger partial charge >= 0.3 is 7.82 Å². The van der Waals surface area contributed by atoms with Crippen molar-refractivity contribution in [3.05, 3.63) is 36.5 Å². The van der Waals surface area contributed by atoms with E-state index in [4.69, 9.17) is 9.05 Å². The highest BCUT2D eigenvalue weighted by atomic mass is 31.2. The summed E-state index contributed by atoms with van der Waals surface area (Å²) < 4.78 is 23.6. The first-order valence-electron chi connectivity index (χ1n) is 28.4. The van der Waals surface area contributed by atoms with E-state index >= 15 is 0 Å². The number of unbranched alkanes of at least 4 members (excludes halogenated alkanes) is 35. The number of carbonyl (C=O) groups excluding carboxylic acids is 1. The number of likely N-dealkylation sites (N-methyl/N-ethyl adjacent to an activating group) is 1. The van der Waals surface area contributed by atoms with E-state index in [1.165, 1.54) is 199 Å². The number of quaternary nitrogens is 1. The van der Waals surface area contributed by atoms with Gasteiger partial charge in [0.05, 0.1) is 39.9 Å². The van der Waals surface area contributed by atoms with Crippen LogP contribution in [0.15, 0.2) is 36.5 Å². The lowest BCUT2D eigenvalue weighted by molar-refractivity contribution is -0.870. The third kappa shape index (κ3) is 50.6. The van der Waals surface area contributed by atoms with Gasteiger partial charge < -0.3 is 19.8 Å². The van der Waals surface area contributed by atoms with E-state index in [-0.39, 0.29) is 19.1 Å². The Kier molecular flexibility index (Phi) is 47.8. The fraction of sp³-hybridized carbons (Fsp3) is 0.877. The Morgan fingerprint density at radius 3 is 1.21 bits per heavy atom. The van der Waals surface area contributed by atoms with Gasteiger partial charge in [-0.05, 0) is 44.9 Å². The van der Waals surface area contributed by atoms with Gasteiger partial charge in [0.2, 0.25) is 5.91 Å². The molecule has 0 aromatic carbocycles. The Morgan fingerprint density at radius 1 is 0.500 bits per heavy atom. The molecular weight excluding hydrogens is 840 g/mol. The van der Waals surface area contributed by atoms with Crippen molar-refractivity contribution in [1.29, 1.82) is 0 Å². The molecule has 0 heterocycles. The standard InChI is InChI=1S/C57H111N2O6P/c1-6-8-10-12-14-16-18-20-21-22-23-24-25-26-27-28-29-30-31-32-33-34-35-36-37-39-41-43-45-47-49-51-57(61)58-55(54-65-66(62,63)64-53-52-59(3,4)5)56(60)50-48-46-44-42-40-38-19-17-15-13-11-9-7-2/h15,17,40,42,48,50,55-56,60H,6-14,16,18-39,41,43-47,49,51-54H2,1-5H3,(H-,58,61,62,63)/p+1/b17-15+,42-40+,50-48+. The molecule has 0 aliphatic heterocycles. The molecule has 0 rings (SSSR count). The van der Waals surface area contributed by atoms with Crippen LogP contribution < -0.4 is 5.32 Å². The summed E-state index contributed by atoms with van der Waals surface area (Å²) >= 11 is 0. The minimum atomic E-state index is -4.35. The molecule has 0 aliphatic carbocycles. The number of aliphatic hydroxyl groups is 1. The number of aliphatic hydroxyl groups excluding tert-OH is 1. The van der Waals surface area contributed by atoms with Crippen molar-refractivity contribution in [3.63, 3.8) is 0 Å². The summed E-state index contributed by atoms with van der Waals surface area (Å²) in [6, 6.07) is -0.866. The van der Waals surface area contributed by atoms with E-state index in [1.807, 2.05) is 27.2 Å². The zero-order valence-corrected chi connectivity index (χ0v) is 45.3. The average molecular weight is 953 g/mol. The molecule has 66 heavy (non-hydrogen) atoms. The second-order valence-electron chi connectivity index (χ2n) is 20.7. The third-order valence-electron chi connectivity index (χ3n) is 12.8. The molecule has 3 N–H and O–H groups in total. The van der Waals surface area contributed by atoms with Crippen molar-refractivity contribution in [2.45, 2.75) is 283 Å². The van der Waals surface area contributed by atoms with Gasteiger partial charge in [-0.15, -0.1) is 0 Å². The molecule has 1 amide bonds. The molecule has 3 atom stereocenters. The summed E-state index contributed by atoms with van der Waals surface area (Å²) in [5.41, 5.74) is 0. The lowest BCUT2D eigenvalue weighted by Gasteiger charge is -2.25. The van der Waals surface area contributed by atoms with Crippen LogP contribution in [-0.4, -0.2) is 73.4 Å². The lowest BCUT2D eigenvalue weighted by Crippen LogP contribution is -2.45. The molecule has 0 aromatic heterocycles. The van der Waals surface area contributed by atoms with E-state index in [9.17, 15) is 19.4 Å². The molecule has 0 saturated carbocycles. The van der Waals surface area contributed by atoms with Gasteiger partial charge in [-0.1, -0.05) is 256 Å². The first kappa shape index (κ1) is 64.7. The molecule has 0 fully saturated rings. The zero-order chi connectivity index (χ0) is 48.5. The molecule has 0 radical (unpaired) electrons. The number of allylic oxidation sites excluding steroid dienone is 5. The summed E-state index contributed by atoms with van der Waals surface area (Å²) in [4.78, 5) is 23.2. The molecule has 9 heteroatoms. The Hall–Kier alpha value is -1.28. The number of nitrogens with zero attached hydrogens (tertiary/aromatic N) is 1. The van der Waals surface area contributed by atoms with Gasteiger partial charge in [-0.3, -0.25) is 13.8 Å². The molecule has 0 aromatic rings. The number of phosphoric acid groups is 1.